The van der Waals surface area contributed by atoms with E-state index in [-0.39, 0.29) is 23.3 Å². The van der Waals surface area contributed by atoms with E-state index in [0.29, 0.717) is 29.0 Å². The summed E-state index contributed by atoms with van der Waals surface area (Å²) in [5.74, 6) is 0.165. The molecule has 1 saturated carbocycles. The van der Waals surface area contributed by atoms with Crippen LogP contribution in [0.5, 0.6) is 11.6 Å². The molecule has 2 aromatic carbocycles. The number of aromatic nitrogens is 3. The van der Waals surface area contributed by atoms with Gasteiger partial charge in [0.15, 0.2) is 11.5 Å². The van der Waals surface area contributed by atoms with Gasteiger partial charge in [-0.05, 0) is 49.2 Å². The third kappa shape index (κ3) is 5.25. The Bertz CT molecular complexity index is 1480. The van der Waals surface area contributed by atoms with Crippen molar-refractivity contribution in [2.45, 2.75) is 19.0 Å². The summed E-state index contributed by atoms with van der Waals surface area (Å²) in [4.78, 5) is 28.8. The molecule has 1 aliphatic rings. The van der Waals surface area contributed by atoms with Crippen LogP contribution in [0.2, 0.25) is 5.02 Å². The largest absolute Gasteiger partial charge is 0.438 e. The monoisotopic (exact) mass is 515 g/mol. The minimum absolute atomic E-state index is 0.0424. The molecule has 8 nitrogen and oxygen atoms in total. The predicted octanol–water partition coefficient (Wildman–Crippen LogP) is 5.79. The Balaban J connectivity index is 1.29. The fourth-order valence-electron chi connectivity index (χ4n) is 3.40. The lowest BCUT2D eigenvalue weighted by atomic mass is 10.1. The van der Waals surface area contributed by atoms with Gasteiger partial charge in [0.05, 0.1) is 16.8 Å². The van der Waals surface area contributed by atoms with E-state index < -0.39 is 22.7 Å². The molecule has 0 atom stereocenters. The number of amides is 2. The number of fused-ring (bicyclic) bond motifs is 1. The standard InChI is InChI=1S/C24H17ClF3N5O3/c25-18-7-6-14(10-17(18)24(26,27)28)23(35)29-15-2-1-3-16(11-15)36-21-9-8-20-30-19(12-33(20)32-21)31-22(34)13-4-5-13/h1-3,6-13H,4-5H2,(H,29,35)(H,31,34). The van der Waals surface area contributed by atoms with Gasteiger partial charge in [-0.1, -0.05) is 17.7 Å². The minimum Gasteiger partial charge on any atom is -0.438 e. The van der Waals surface area contributed by atoms with E-state index in [4.69, 9.17) is 16.3 Å². The number of carbonyl (C=O) groups is 2. The second kappa shape index (κ2) is 9.15. The molecule has 2 heterocycles. The number of anilines is 2. The van der Waals surface area contributed by atoms with Gasteiger partial charge in [-0.25, -0.2) is 9.50 Å². The molecule has 0 spiro atoms. The summed E-state index contributed by atoms with van der Waals surface area (Å²) in [6.07, 6.45) is -1.36. The second-order valence-corrected chi connectivity index (χ2v) is 8.55. The first-order valence-corrected chi connectivity index (χ1v) is 11.2. The fourth-order valence-corrected chi connectivity index (χ4v) is 3.62. The number of benzene rings is 2. The normalized spacial score (nSPS) is 13.4. The summed E-state index contributed by atoms with van der Waals surface area (Å²) in [5, 5.41) is 9.12. The van der Waals surface area contributed by atoms with Gasteiger partial charge in [-0.15, -0.1) is 5.10 Å². The topological polar surface area (TPSA) is 97.6 Å². The van der Waals surface area contributed by atoms with Crippen molar-refractivity contribution in [1.29, 1.82) is 0 Å². The number of hydrogen-bond donors (Lipinski definition) is 2. The third-order valence-electron chi connectivity index (χ3n) is 5.34. The molecule has 2 amide bonds. The van der Waals surface area contributed by atoms with E-state index in [9.17, 15) is 22.8 Å². The highest BCUT2D eigenvalue weighted by Gasteiger charge is 2.34. The molecule has 12 heteroatoms. The van der Waals surface area contributed by atoms with Gasteiger partial charge >= 0.3 is 6.18 Å². The average molecular weight is 516 g/mol. The van der Waals surface area contributed by atoms with Crippen LogP contribution < -0.4 is 15.4 Å². The number of carbonyl (C=O) groups excluding carboxylic acids is 2. The van der Waals surface area contributed by atoms with Crippen molar-refractivity contribution >= 4 is 40.6 Å². The number of ether oxygens (including phenoxy) is 1. The van der Waals surface area contributed by atoms with Crippen LogP contribution in [0.25, 0.3) is 5.65 Å². The van der Waals surface area contributed by atoms with Crippen LogP contribution in [-0.4, -0.2) is 26.4 Å². The number of hydrogen-bond acceptors (Lipinski definition) is 5. The molecule has 2 N–H and O–H groups in total. The highest BCUT2D eigenvalue weighted by Crippen LogP contribution is 2.35. The molecule has 1 fully saturated rings. The molecule has 4 aromatic rings. The van der Waals surface area contributed by atoms with Crippen LogP contribution in [0.15, 0.2) is 60.8 Å². The Kier molecular flexibility index (Phi) is 6.00. The maximum atomic E-state index is 13.1. The number of nitrogens with one attached hydrogen (secondary N) is 2. The van der Waals surface area contributed by atoms with Crippen LogP contribution in [0, 0.1) is 5.92 Å². The van der Waals surface area contributed by atoms with E-state index in [1.807, 2.05) is 0 Å². The average Bonchev–Trinajstić information content (AvgIpc) is 3.59. The zero-order valence-electron chi connectivity index (χ0n) is 18.3. The van der Waals surface area contributed by atoms with Crippen LogP contribution in [0.3, 0.4) is 0 Å². The maximum Gasteiger partial charge on any atom is 0.417 e. The molecular formula is C24H17ClF3N5O3. The van der Waals surface area contributed by atoms with Gasteiger partial charge in [0.1, 0.15) is 5.75 Å². The van der Waals surface area contributed by atoms with Gasteiger partial charge in [-0.3, -0.25) is 9.59 Å². The molecule has 0 saturated heterocycles. The molecule has 0 radical (unpaired) electrons. The summed E-state index contributed by atoms with van der Waals surface area (Å²) < 4.78 is 46.5. The van der Waals surface area contributed by atoms with E-state index in [0.717, 1.165) is 18.9 Å². The lowest BCUT2D eigenvalue weighted by molar-refractivity contribution is -0.137. The molecule has 5 rings (SSSR count). The Morgan fingerprint density at radius 1 is 1.06 bits per heavy atom. The quantitative estimate of drug-likeness (QED) is 0.338. The third-order valence-corrected chi connectivity index (χ3v) is 5.67. The van der Waals surface area contributed by atoms with Crippen molar-refractivity contribution in [2.75, 3.05) is 10.6 Å². The first kappa shape index (κ1) is 23.6. The maximum absolute atomic E-state index is 13.1. The Morgan fingerprint density at radius 2 is 1.86 bits per heavy atom. The van der Waals surface area contributed by atoms with E-state index in [2.05, 4.69) is 20.7 Å². The summed E-state index contributed by atoms with van der Waals surface area (Å²) in [6, 6.07) is 12.5. The van der Waals surface area contributed by atoms with Crippen LogP contribution >= 0.6 is 11.6 Å². The Hall–Kier alpha value is -4.12. The molecule has 0 bridgehead atoms. The van der Waals surface area contributed by atoms with Crippen LogP contribution in [0.4, 0.5) is 24.7 Å². The number of alkyl halides is 3. The van der Waals surface area contributed by atoms with Crippen LogP contribution in [0.1, 0.15) is 28.8 Å². The number of halogens is 4. The summed E-state index contributed by atoms with van der Waals surface area (Å²) in [6.45, 7) is 0. The molecular weight excluding hydrogens is 499 g/mol. The van der Waals surface area contributed by atoms with Crippen molar-refractivity contribution < 1.29 is 27.5 Å². The smallest absolute Gasteiger partial charge is 0.417 e. The number of rotatable bonds is 6. The molecule has 0 aliphatic heterocycles. The van der Waals surface area contributed by atoms with Crippen molar-refractivity contribution in [1.82, 2.24) is 14.6 Å². The first-order chi connectivity index (χ1) is 17.2. The second-order valence-electron chi connectivity index (χ2n) is 8.14. The number of imidazole rings is 1. The Morgan fingerprint density at radius 3 is 2.61 bits per heavy atom. The summed E-state index contributed by atoms with van der Waals surface area (Å²) >= 11 is 5.62. The fraction of sp³-hybridized carbons (Fsp3) is 0.167. The first-order valence-electron chi connectivity index (χ1n) is 10.8. The minimum atomic E-state index is -4.69. The molecule has 1 aliphatic carbocycles. The van der Waals surface area contributed by atoms with E-state index >= 15 is 0 Å². The summed E-state index contributed by atoms with van der Waals surface area (Å²) in [7, 11) is 0. The lowest BCUT2D eigenvalue weighted by Gasteiger charge is -2.12. The van der Waals surface area contributed by atoms with Crippen molar-refractivity contribution in [3.63, 3.8) is 0 Å². The van der Waals surface area contributed by atoms with E-state index in [1.54, 1.807) is 36.5 Å². The van der Waals surface area contributed by atoms with Gasteiger partial charge < -0.3 is 15.4 Å². The van der Waals surface area contributed by atoms with Crippen LogP contribution in [-0.2, 0) is 11.0 Å². The molecule has 36 heavy (non-hydrogen) atoms. The SMILES string of the molecule is O=C(Nc1cccc(Oc2ccc3nc(NC(=O)C4CC4)cn3n2)c1)c1ccc(Cl)c(C(F)(F)F)c1. The van der Waals surface area contributed by atoms with Gasteiger partial charge in [0.25, 0.3) is 5.91 Å². The van der Waals surface area contributed by atoms with Gasteiger partial charge in [-0.2, -0.15) is 13.2 Å². The van der Waals surface area contributed by atoms with Crippen molar-refractivity contribution in [2.24, 2.45) is 5.92 Å². The lowest BCUT2D eigenvalue weighted by Crippen LogP contribution is -2.14. The molecule has 184 valence electrons. The Labute approximate surface area is 207 Å². The molecule has 0 unspecified atom stereocenters. The van der Waals surface area contributed by atoms with E-state index in [1.165, 1.54) is 16.6 Å². The van der Waals surface area contributed by atoms with Gasteiger partial charge in [0, 0.05) is 29.3 Å². The van der Waals surface area contributed by atoms with Crippen molar-refractivity contribution in [3.05, 3.63) is 76.9 Å². The summed E-state index contributed by atoms with van der Waals surface area (Å²) in [5.41, 5.74) is -0.481. The zero-order valence-corrected chi connectivity index (χ0v) is 19.1. The highest BCUT2D eigenvalue weighted by molar-refractivity contribution is 6.31. The number of nitrogens with zero attached hydrogens (tertiary/aromatic N) is 3. The predicted molar refractivity (Wildman–Crippen MR) is 125 cm³/mol. The van der Waals surface area contributed by atoms with Crippen molar-refractivity contribution in [3.8, 4) is 11.6 Å². The zero-order chi connectivity index (χ0) is 25.4. The van der Waals surface area contributed by atoms with Gasteiger partial charge in [0.2, 0.25) is 11.8 Å². The molecule has 2 aromatic heterocycles. The highest BCUT2D eigenvalue weighted by atomic mass is 35.5.